The molecule has 3 rings (SSSR count). The second kappa shape index (κ2) is 7.74. The summed E-state index contributed by atoms with van der Waals surface area (Å²) in [5.41, 5.74) is 2.20. The van der Waals surface area contributed by atoms with Gasteiger partial charge in [-0.2, -0.15) is 0 Å². The van der Waals surface area contributed by atoms with Gasteiger partial charge < -0.3 is 14.5 Å². The fourth-order valence-corrected chi connectivity index (χ4v) is 2.68. The molecule has 5 nitrogen and oxygen atoms in total. The summed E-state index contributed by atoms with van der Waals surface area (Å²) < 4.78 is 5.53. The minimum atomic E-state index is 0.0618. The van der Waals surface area contributed by atoms with Gasteiger partial charge in [-0.1, -0.05) is 30.3 Å². The molecule has 0 bridgehead atoms. The van der Waals surface area contributed by atoms with Crippen molar-refractivity contribution < 1.29 is 9.53 Å². The van der Waals surface area contributed by atoms with E-state index in [9.17, 15) is 4.79 Å². The van der Waals surface area contributed by atoms with E-state index in [1.54, 1.807) is 6.20 Å². The zero-order valence-electron chi connectivity index (χ0n) is 13.1. The molecule has 120 valence electrons. The van der Waals surface area contributed by atoms with Crippen LogP contribution in [0.2, 0.25) is 0 Å². The lowest BCUT2D eigenvalue weighted by Crippen LogP contribution is -2.49. The first-order valence-corrected chi connectivity index (χ1v) is 7.87. The molecule has 2 heterocycles. The van der Waals surface area contributed by atoms with Crippen LogP contribution in [-0.2, 0) is 16.1 Å². The van der Waals surface area contributed by atoms with Crippen LogP contribution in [0, 0.1) is 0 Å². The molecule has 0 spiro atoms. The van der Waals surface area contributed by atoms with Crippen molar-refractivity contribution in [3.05, 3.63) is 60.4 Å². The summed E-state index contributed by atoms with van der Waals surface area (Å²) in [6.45, 7) is 3.72. The number of hydrogen-bond donors (Lipinski definition) is 0. The smallest absolute Gasteiger partial charge is 0.248 e. The standard InChI is InChI=1S/C18H21N3O2/c22-18(15-23-14-16-5-2-1-3-6-16)21-11-9-20(10-12-21)17-7-4-8-19-13-17/h1-8,13H,9-12,14-15H2. The van der Waals surface area contributed by atoms with Gasteiger partial charge in [-0.3, -0.25) is 9.78 Å². The van der Waals surface area contributed by atoms with E-state index in [1.165, 1.54) is 0 Å². The number of ether oxygens (including phenoxy) is 1. The Bertz CT molecular complexity index is 611. The number of benzene rings is 1. The van der Waals surface area contributed by atoms with Crippen molar-refractivity contribution in [1.29, 1.82) is 0 Å². The van der Waals surface area contributed by atoms with Crippen molar-refractivity contribution in [2.24, 2.45) is 0 Å². The number of rotatable bonds is 5. The van der Waals surface area contributed by atoms with Crippen LogP contribution < -0.4 is 4.90 Å². The Hall–Kier alpha value is -2.40. The highest BCUT2D eigenvalue weighted by Crippen LogP contribution is 2.14. The van der Waals surface area contributed by atoms with Gasteiger partial charge in [0.1, 0.15) is 6.61 Å². The lowest BCUT2D eigenvalue weighted by Gasteiger charge is -2.35. The molecule has 1 aromatic heterocycles. The van der Waals surface area contributed by atoms with Crippen molar-refractivity contribution in [3.8, 4) is 0 Å². The SMILES string of the molecule is O=C(COCc1ccccc1)N1CCN(c2cccnc2)CC1. The van der Waals surface area contributed by atoms with Crippen molar-refractivity contribution in [3.63, 3.8) is 0 Å². The number of aromatic nitrogens is 1. The monoisotopic (exact) mass is 311 g/mol. The number of amides is 1. The highest BCUT2D eigenvalue weighted by atomic mass is 16.5. The summed E-state index contributed by atoms with van der Waals surface area (Å²) in [6.07, 6.45) is 3.63. The molecule has 0 atom stereocenters. The first kappa shape index (κ1) is 15.5. The summed E-state index contributed by atoms with van der Waals surface area (Å²) in [4.78, 5) is 20.5. The Balaban J connectivity index is 1.41. The van der Waals surface area contributed by atoms with Gasteiger partial charge in [-0.25, -0.2) is 0 Å². The zero-order chi connectivity index (χ0) is 15.9. The van der Waals surface area contributed by atoms with E-state index >= 15 is 0 Å². The van der Waals surface area contributed by atoms with E-state index < -0.39 is 0 Å². The minimum absolute atomic E-state index is 0.0618. The number of piperazine rings is 1. The van der Waals surface area contributed by atoms with Gasteiger partial charge in [0.25, 0.3) is 0 Å². The molecule has 1 fully saturated rings. The van der Waals surface area contributed by atoms with Crippen LogP contribution in [0.5, 0.6) is 0 Å². The highest BCUT2D eigenvalue weighted by molar-refractivity contribution is 5.77. The Morgan fingerprint density at radius 1 is 1.04 bits per heavy atom. The Morgan fingerprint density at radius 3 is 2.52 bits per heavy atom. The van der Waals surface area contributed by atoms with Crippen molar-refractivity contribution >= 4 is 11.6 Å². The van der Waals surface area contributed by atoms with Crippen LogP contribution >= 0.6 is 0 Å². The molecule has 23 heavy (non-hydrogen) atoms. The van der Waals surface area contributed by atoms with E-state index in [4.69, 9.17) is 4.74 Å². The van der Waals surface area contributed by atoms with Gasteiger partial charge in [-0.15, -0.1) is 0 Å². The maximum absolute atomic E-state index is 12.2. The van der Waals surface area contributed by atoms with Crippen LogP contribution in [0.1, 0.15) is 5.56 Å². The second-order valence-electron chi connectivity index (χ2n) is 5.56. The average molecular weight is 311 g/mol. The molecule has 2 aromatic rings. The molecule has 0 radical (unpaired) electrons. The van der Waals surface area contributed by atoms with E-state index in [1.807, 2.05) is 53.6 Å². The lowest BCUT2D eigenvalue weighted by molar-refractivity contribution is -0.136. The normalized spacial score (nSPS) is 14.8. The molecular weight excluding hydrogens is 290 g/mol. The molecule has 1 amide bonds. The van der Waals surface area contributed by atoms with Crippen LogP contribution in [0.4, 0.5) is 5.69 Å². The maximum Gasteiger partial charge on any atom is 0.248 e. The number of hydrogen-bond acceptors (Lipinski definition) is 4. The van der Waals surface area contributed by atoms with Gasteiger partial charge in [0.15, 0.2) is 0 Å². The topological polar surface area (TPSA) is 45.7 Å². The second-order valence-corrected chi connectivity index (χ2v) is 5.56. The fourth-order valence-electron chi connectivity index (χ4n) is 2.68. The Morgan fingerprint density at radius 2 is 1.83 bits per heavy atom. The average Bonchev–Trinajstić information content (AvgIpc) is 2.63. The highest BCUT2D eigenvalue weighted by Gasteiger charge is 2.21. The molecule has 1 saturated heterocycles. The molecule has 5 heteroatoms. The third kappa shape index (κ3) is 4.29. The first-order chi connectivity index (χ1) is 11.3. The number of nitrogens with zero attached hydrogens (tertiary/aromatic N) is 3. The van der Waals surface area contributed by atoms with E-state index in [0.717, 1.165) is 37.4 Å². The van der Waals surface area contributed by atoms with Crippen LogP contribution in [-0.4, -0.2) is 48.6 Å². The van der Waals surface area contributed by atoms with Crippen molar-refractivity contribution in [2.45, 2.75) is 6.61 Å². The third-order valence-electron chi connectivity index (χ3n) is 3.98. The molecular formula is C18H21N3O2. The molecule has 1 aromatic carbocycles. The summed E-state index contributed by atoms with van der Waals surface area (Å²) in [6, 6.07) is 13.9. The minimum Gasteiger partial charge on any atom is -0.367 e. The van der Waals surface area contributed by atoms with Gasteiger partial charge in [0.05, 0.1) is 18.5 Å². The van der Waals surface area contributed by atoms with Gasteiger partial charge in [-0.05, 0) is 17.7 Å². The maximum atomic E-state index is 12.2. The molecule has 1 aliphatic rings. The number of pyridine rings is 1. The molecule has 0 saturated carbocycles. The number of carbonyl (C=O) groups excluding carboxylic acids is 1. The van der Waals surface area contributed by atoms with Gasteiger partial charge in [0, 0.05) is 32.4 Å². The number of anilines is 1. The van der Waals surface area contributed by atoms with Crippen LogP contribution in [0.15, 0.2) is 54.9 Å². The zero-order valence-corrected chi connectivity index (χ0v) is 13.1. The van der Waals surface area contributed by atoms with E-state index in [-0.39, 0.29) is 12.5 Å². The largest absolute Gasteiger partial charge is 0.367 e. The van der Waals surface area contributed by atoms with Crippen molar-refractivity contribution in [1.82, 2.24) is 9.88 Å². The first-order valence-electron chi connectivity index (χ1n) is 7.87. The summed E-state index contributed by atoms with van der Waals surface area (Å²) in [5, 5.41) is 0. The van der Waals surface area contributed by atoms with Crippen LogP contribution in [0.3, 0.4) is 0 Å². The quantitative estimate of drug-likeness (QED) is 0.847. The number of carbonyl (C=O) groups is 1. The third-order valence-corrected chi connectivity index (χ3v) is 3.98. The van der Waals surface area contributed by atoms with Crippen molar-refractivity contribution in [2.75, 3.05) is 37.7 Å². The van der Waals surface area contributed by atoms with Gasteiger partial charge in [0.2, 0.25) is 5.91 Å². The summed E-state index contributed by atoms with van der Waals surface area (Å²) >= 11 is 0. The fraction of sp³-hybridized carbons (Fsp3) is 0.333. The Kier molecular flexibility index (Phi) is 5.21. The molecule has 0 aliphatic carbocycles. The summed E-state index contributed by atoms with van der Waals surface area (Å²) in [7, 11) is 0. The predicted molar refractivity (Wildman–Crippen MR) is 89.1 cm³/mol. The summed E-state index contributed by atoms with van der Waals surface area (Å²) in [5.74, 6) is 0.0618. The van der Waals surface area contributed by atoms with E-state index in [0.29, 0.717) is 6.61 Å². The predicted octanol–water partition coefficient (Wildman–Crippen LogP) is 1.95. The Labute approximate surface area is 136 Å². The molecule has 0 N–H and O–H groups in total. The lowest BCUT2D eigenvalue weighted by atomic mass is 10.2. The van der Waals surface area contributed by atoms with E-state index in [2.05, 4.69) is 9.88 Å². The van der Waals surface area contributed by atoms with Crippen LogP contribution in [0.25, 0.3) is 0 Å². The molecule has 0 unspecified atom stereocenters. The molecule has 1 aliphatic heterocycles. The van der Waals surface area contributed by atoms with Gasteiger partial charge >= 0.3 is 0 Å².